The summed E-state index contributed by atoms with van der Waals surface area (Å²) in [5.74, 6) is -0.0145. The minimum Gasteiger partial charge on any atom is -0.493 e. The molecule has 3 aromatic carbocycles. The van der Waals surface area contributed by atoms with Crippen molar-refractivity contribution < 1.29 is 19.1 Å². The second kappa shape index (κ2) is 10.5. The molecule has 3 rings (SSSR count). The van der Waals surface area contributed by atoms with Crippen molar-refractivity contribution in [3.63, 3.8) is 0 Å². The molecule has 31 heavy (non-hydrogen) atoms. The zero-order valence-electron chi connectivity index (χ0n) is 16.9. The normalized spacial score (nSPS) is 11.3. The van der Waals surface area contributed by atoms with Gasteiger partial charge in [0.25, 0.3) is 5.91 Å². The number of ketones is 1. The molecule has 0 fully saturated rings. The van der Waals surface area contributed by atoms with Crippen LogP contribution in [0, 0.1) is 0 Å². The molecule has 0 radical (unpaired) electrons. The van der Waals surface area contributed by atoms with Crippen LogP contribution in [0.25, 0.3) is 0 Å². The molecule has 0 bridgehead atoms. The third-order valence-electron chi connectivity index (χ3n) is 4.22. The molecule has 0 heterocycles. The summed E-state index contributed by atoms with van der Waals surface area (Å²) in [4.78, 5) is 23.9. The first-order valence-electron chi connectivity index (χ1n) is 9.44. The molecule has 0 aliphatic heterocycles. The number of carbonyl (C=O) groups excluding carboxylic acids is 2. The Hall–Kier alpha value is -4.26. The van der Waals surface area contributed by atoms with Crippen molar-refractivity contribution in [2.45, 2.75) is 0 Å². The summed E-state index contributed by atoms with van der Waals surface area (Å²) in [6.07, 6.45) is 1.50. The molecule has 0 aliphatic carbocycles. The van der Waals surface area contributed by atoms with E-state index in [9.17, 15) is 9.59 Å². The van der Waals surface area contributed by atoms with Crippen molar-refractivity contribution in [2.75, 3.05) is 13.7 Å². The van der Waals surface area contributed by atoms with Gasteiger partial charge in [-0.05, 0) is 23.8 Å². The van der Waals surface area contributed by atoms with E-state index in [2.05, 4.69) is 10.2 Å². The molecule has 0 aromatic heterocycles. The zero-order chi connectivity index (χ0) is 22.1. The second-order valence-electron chi connectivity index (χ2n) is 6.42. The average Bonchev–Trinajstić information content (AvgIpc) is 2.81. The lowest BCUT2D eigenvalue weighted by molar-refractivity contribution is -0.119. The lowest BCUT2D eigenvalue weighted by Crippen LogP contribution is -2.20. The summed E-state index contributed by atoms with van der Waals surface area (Å²) in [5.41, 5.74) is 7.20. The van der Waals surface area contributed by atoms with Gasteiger partial charge in [-0.15, -0.1) is 5.10 Å². The minimum absolute atomic E-state index is 0.225. The van der Waals surface area contributed by atoms with E-state index in [1.165, 1.54) is 13.3 Å². The van der Waals surface area contributed by atoms with Crippen LogP contribution in [0.1, 0.15) is 21.5 Å². The van der Waals surface area contributed by atoms with Crippen LogP contribution in [0.3, 0.4) is 0 Å². The first-order valence-corrected chi connectivity index (χ1v) is 9.44. The maximum absolute atomic E-state index is 13.0. The number of hydrogen-bond donors (Lipinski definition) is 1. The average molecular weight is 415 g/mol. The fourth-order valence-electron chi connectivity index (χ4n) is 2.74. The molecule has 156 valence electrons. The van der Waals surface area contributed by atoms with E-state index in [-0.39, 0.29) is 18.1 Å². The number of Topliss-reactive ketones (excluding diaryl/α,β-unsaturated/α-hetero) is 1. The van der Waals surface area contributed by atoms with Crippen LogP contribution >= 0.6 is 0 Å². The fourth-order valence-corrected chi connectivity index (χ4v) is 2.74. The highest BCUT2D eigenvalue weighted by molar-refractivity contribution is 6.51. The van der Waals surface area contributed by atoms with Crippen molar-refractivity contribution in [3.05, 3.63) is 95.6 Å². The molecule has 3 aromatic rings. The van der Waals surface area contributed by atoms with Crippen molar-refractivity contribution in [3.8, 4) is 11.5 Å². The Morgan fingerprint density at radius 2 is 1.55 bits per heavy atom. The van der Waals surface area contributed by atoms with E-state index < -0.39 is 5.91 Å². The van der Waals surface area contributed by atoms with Gasteiger partial charge in [0.15, 0.2) is 18.1 Å². The summed E-state index contributed by atoms with van der Waals surface area (Å²) in [5, 5.41) is 8.32. The number of primary amides is 1. The maximum atomic E-state index is 13.0. The number of nitrogens with two attached hydrogens (primary N) is 1. The molecule has 0 spiro atoms. The van der Waals surface area contributed by atoms with Crippen LogP contribution in [0.15, 0.2) is 89.1 Å². The molecule has 1 amide bonds. The van der Waals surface area contributed by atoms with Crippen molar-refractivity contribution >= 4 is 23.6 Å². The summed E-state index contributed by atoms with van der Waals surface area (Å²) >= 11 is 0. The van der Waals surface area contributed by atoms with Gasteiger partial charge in [0.05, 0.1) is 13.3 Å². The van der Waals surface area contributed by atoms with E-state index in [1.807, 2.05) is 36.4 Å². The minimum atomic E-state index is -0.585. The number of hydrogen-bond acceptors (Lipinski definition) is 6. The second-order valence-corrected chi connectivity index (χ2v) is 6.42. The van der Waals surface area contributed by atoms with Crippen LogP contribution in [0.5, 0.6) is 11.5 Å². The van der Waals surface area contributed by atoms with E-state index in [1.54, 1.807) is 42.5 Å². The molecule has 0 saturated carbocycles. The molecule has 7 nitrogen and oxygen atoms in total. The Morgan fingerprint density at radius 1 is 0.903 bits per heavy atom. The fraction of sp³-hybridized carbons (Fsp3) is 0.0833. The first-order chi connectivity index (χ1) is 15.1. The third-order valence-corrected chi connectivity index (χ3v) is 4.22. The molecule has 0 atom stereocenters. The van der Waals surface area contributed by atoms with Gasteiger partial charge in [0.1, 0.15) is 5.71 Å². The van der Waals surface area contributed by atoms with E-state index in [0.717, 1.165) is 0 Å². The standard InChI is InChI=1S/C24H21N3O4/c1-30-21-14-17(12-13-20(21)31-16-22(25)28)15-26-27-23(18-8-4-2-5-9-18)24(29)19-10-6-3-7-11-19/h2-15H,16H2,1H3,(H2,25,28)/b26-15-,27-23-. The molecule has 0 saturated heterocycles. The van der Waals surface area contributed by atoms with E-state index in [4.69, 9.17) is 15.2 Å². The Morgan fingerprint density at radius 3 is 2.16 bits per heavy atom. The van der Waals surface area contributed by atoms with Crippen LogP contribution in [-0.2, 0) is 4.79 Å². The zero-order valence-corrected chi connectivity index (χ0v) is 16.9. The van der Waals surface area contributed by atoms with Gasteiger partial charge in [-0.25, -0.2) is 0 Å². The van der Waals surface area contributed by atoms with Crippen LogP contribution in [-0.4, -0.2) is 37.3 Å². The van der Waals surface area contributed by atoms with Crippen LogP contribution in [0.2, 0.25) is 0 Å². The molecule has 0 unspecified atom stereocenters. The van der Waals surface area contributed by atoms with Gasteiger partial charge >= 0.3 is 0 Å². The summed E-state index contributed by atoms with van der Waals surface area (Å²) < 4.78 is 10.6. The first kappa shape index (κ1) is 21.4. The molecular weight excluding hydrogens is 394 g/mol. The molecule has 2 N–H and O–H groups in total. The van der Waals surface area contributed by atoms with E-state index in [0.29, 0.717) is 28.2 Å². The Bertz CT molecular complexity index is 1110. The lowest BCUT2D eigenvalue weighted by atomic mass is 10.0. The number of amides is 1. The molecular formula is C24H21N3O4. The number of carbonyl (C=O) groups is 2. The third kappa shape index (κ3) is 5.86. The largest absolute Gasteiger partial charge is 0.493 e. The summed E-state index contributed by atoms with van der Waals surface area (Å²) in [7, 11) is 1.48. The highest BCUT2D eigenvalue weighted by Gasteiger charge is 2.16. The van der Waals surface area contributed by atoms with Gasteiger partial charge in [-0.3, -0.25) is 9.59 Å². The SMILES string of the molecule is COc1cc(/C=N\N=C(/C(=O)c2ccccc2)c2ccccc2)ccc1OCC(N)=O. The quantitative estimate of drug-likeness (QED) is 0.329. The van der Waals surface area contributed by atoms with Crippen LogP contribution in [0.4, 0.5) is 0 Å². The number of methoxy groups -OCH3 is 1. The number of rotatable bonds is 9. The highest BCUT2D eigenvalue weighted by Crippen LogP contribution is 2.27. The Balaban J connectivity index is 1.88. The predicted octanol–water partition coefficient (Wildman–Crippen LogP) is 3.27. The summed E-state index contributed by atoms with van der Waals surface area (Å²) in [6.45, 7) is -0.254. The lowest BCUT2D eigenvalue weighted by Gasteiger charge is -2.09. The predicted molar refractivity (Wildman–Crippen MR) is 119 cm³/mol. The monoisotopic (exact) mass is 415 g/mol. The molecule has 0 aliphatic rings. The van der Waals surface area contributed by atoms with Crippen molar-refractivity contribution in [1.29, 1.82) is 0 Å². The smallest absolute Gasteiger partial charge is 0.255 e. The summed E-state index contributed by atoms with van der Waals surface area (Å²) in [6, 6.07) is 23.1. The van der Waals surface area contributed by atoms with Gasteiger partial charge in [-0.2, -0.15) is 5.10 Å². The molecule has 7 heteroatoms. The Labute approximate surface area is 179 Å². The number of ether oxygens (including phenoxy) is 2. The Kier molecular flexibility index (Phi) is 7.26. The van der Waals surface area contributed by atoms with Gasteiger partial charge in [0.2, 0.25) is 5.78 Å². The number of benzene rings is 3. The van der Waals surface area contributed by atoms with Gasteiger partial charge < -0.3 is 15.2 Å². The van der Waals surface area contributed by atoms with Crippen molar-refractivity contribution in [1.82, 2.24) is 0 Å². The van der Waals surface area contributed by atoms with E-state index >= 15 is 0 Å². The van der Waals surface area contributed by atoms with Gasteiger partial charge in [0, 0.05) is 11.1 Å². The van der Waals surface area contributed by atoms with Crippen LogP contribution < -0.4 is 15.2 Å². The van der Waals surface area contributed by atoms with Crippen molar-refractivity contribution in [2.24, 2.45) is 15.9 Å². The maximum Gasteiger partial charge on any atom is 0.255 e. The highest BCUT2D eigenvalue weighted by atomic mass is 16.5. The number of nitrogens with zero attached hydrogens (tertiary/aromatic N) is 2. The van der Waals surface area contributed by atoms with Gasteiger partial charge in [-0.1, -0.05) is 60.7 Å². The topological polar surface area (TPSA) is 103 Å².